The number of nitro groups is 1. The molecule has 108 valence electrons. The predicted octanol–water partition coefficient (Wildman–Crippen LogP) is 4.68. The second-order valence-corrected chi connectivity index (χ2v) is 6.10. The molecule has 0 spiro atoms. The number of benzene rings is 2. The molecule has 7 heteroatoms. The number of non-ortho nitro benzene ring substituents is 1. The lowest BCUT2D eigenvalue weighted by Crippen LogP contribution is -2.14. The molecule has 1 N–H and O–H groups in total. The maximum Gasteiger partial charge on any atom is 0.271 e. The maximum atomic E-state index is 12.3. The van der Waals surface area contributed by atoms with Crippen molar-refractivity contribution in [3.8, 4) is 0 Å². The van der Waals surface area contributed by atoms with Crippen molar-refractivity contribution in [3.05, 3.63) is 66.6 Å². The summed E-state index contributed by atoms with van der Waals surface area (Å²) in [4.78, 5) is 22.6. The van der Waals surface area contributed by atoms with E-state index in [0.29, 0.717) is 15.7 Å². The molecular formula is C14H10Br2N2O3. The second kappa shape index (κ2) is 6.36. The van der Waals surface area contributed by atoms with Gasteiger partial charge in [0, 0.05) is 26.6 Å². The minimum Gasteiger partial charge on any atom is -0.321 e. The third kappa shape index (κ3) is 3.68. The number of halogens is 2. The first-order chi connectivity index (χ1) is 9.88. The number of amides is 1. The fraction of sp³-hybridized carbons (Fsp3) is 0.0714. The highest BCUT2D eigenvalue weighted by Gasteiger charge is 2.14. The lowest BCUT2D eigenvalue weighted by atomic mass is 10.1. The van der Waals surface area contributed by atoms with Crippen LogP contribution in [-0.4, -0.2) is 10.8 Å². The molecule has 0 heterocycles. The minimum atomic E-state index is -0.507. The summed E-state index contributed by atoms with van der Waals surface area (Å²) in [5, 5.41) is 13.5. The Hall–Kier alpha value is -1.73. The van der Waals surface area contributed by atoms with Crippen molar-refractivity contribution in [1.29, 1.82) is 0 Å². The van der Waals surface area contributed by atoms with Crippen molar-refractivity contribution in [2.75, 3.05) is 5.32 Å². The van der Waals surface area contributed by atoms with E-state index in [4.69, 9.17) is 0 Å². The van der Waals surface area contributed by atoms with Crippen LogP contribution < -0.4 is 5.32 Å². The molecule has 0 aliphatic heterocycles. The second-order valence-electron chi connectivity index (χ2n) is 4.33. The van der Waals surface area contributed by atoms with Crippen molar-refractivity contribution in [2.24, 2.45) is 0 Å². The van der Waals surface area contributed by atoms with E-state index in [-0.39, 0.29) is 11.6 Å². The molecule has 2 aromatic carbocycles. The molecule has 0 radical (unpaired) electrons. The largest absolute Gasteiger partial charge is 0.321 e. The van der Waals surface area contributed by atoms with Crippen molar-refractivity contribution in [3.63, 3.8) is 0 Å². The molecule has 0 aliphatic carbocycles. The lowest BCUT2D eigenvalue weighted by Gasteiger charge is -2.09. The number of nitro benzene ring substituents is 1. The number of anilines is 1. The van der Waals surface area contributed by atoms with Gasteiger partial charge in [-0.3, -0.25) is 14.9 Å². The Morgan fingerprint density at radius 3 is 2.57 bits per heavy atom. The Balaban J connectivity index is 2.33. The molecule has 0 bridgehead atoms. The quantitative estimate of drug-likeness (QED) is 0.586. The van der Waals surface area contributed by atoms with E-state index in [2.05, 4.69) is 37.2 Å². The summed E-state index contributed by atoms with van der Waals surface area (Å²) in [7, 11) is 0. The van der Waals surface area contributed by atoms with Crippen LogP contribution in [-0.2, 0) is 0 Å². The van der Waals surface area contributed by atoms with Gasteiger partial charge in [0.15, 0.2) is 0 Å². The Bertz CT molecular complexity index is 732. The summed E-state index contributed by atoms with van der Waals surface area (Å²) < 4.78 is 1.37. The van der Waals surface area contributed by atoms with E-state index in [1.807, 2.05) is 19.1 Å². The highest BCUT2D eigenvalue weighted by atomic mass is 79.9. The molecule has 1 amide bonds. The Morgan fingerprint density at radius 1 is 1.19 bits per heavy atom. The molecule has 0 saturated carbocycles. The molecule has 0 atom stereocenters. The van der Waals surface area contributed by atoms with Crippen molar-refractivity contribution in [2.45, 2.75) is 6.92 Å². The van der Waals surface area contributed by atoms with E-state index >= 15 is 0 Å². The van der Waals surface area contributed by atoms with E-state index in [9.17, 15) is 14.9 Å². The lowest BCUT2D eigenvalue weighted by molar-refractivity contribution is -0.384. The molecule has 2 aromatic rings. The van der Waals surface area contributed by atoms with E-state index < -0.39 is 4.92 Å². The zero-order chi connectivity index (χ0) is 15.6. The first-order valence-electron chi connectivity index (χ1n) is 5.90. The SMILES string of the molecule is Cc1ccc(Br)cc1C(=O)Nc1cc([N+](=O)[O-])ccc1Br. The molecule has 0 aliphatic rings. The molecule has 0 saturated heterocycles. The van der Waals surface area contributed by atoms with Crippen LogP contribution in [0, 0.1) is 17.0 Å². The predicted molar refractivity (Wildman–Crippen MR) is 87.6 cm³/mol. The summed E-state index contributed by atoms with van der Waals surface area (Å²) in [6.45, 7) is 1.82. The van der Waals surface area contributed by atoms with Crippen LogP contribution in [0.25, 0.3) is 0 Å². The van der Waals surface area contributed by atoms with Gasteiger partial charge in [0.05, 0.1) is 10.6 Å². The van der Waals surface area contributed by atoms with Gasteiger partial charge in [-0.2, -0.15) is 0 Å². The van der Waals surface area contributed by atoms with Crippen LogP contribution >= 0.6 is 31.9 Å². The normalized spacial score (nSPS) is 10.2. The third-order valence-corrected chi connectivity index (χ3v) is 4.04. The Labute approximate surface area is 137 Å². The van der Waals surface area contributed by atoms with Gasteiger partial charge >= 0.3 is 0 Å². The molecule has 0 unspecified atom stereocenters. The maximum absolute atomic E-state index is 12.3. The number of hydrogen-bond acceptors (Lipinski definition) is 3. The highest BCUT2D eigenvalue weighted by Crippen LogP contribution is 2.28. The smallest absolute Gasteiger partial charge is 0.271 e. The van der Waals surface area contributed by atoms with Gasteiger partial charge in [0.25, 0.3) is 11.6 Å². The summed E-state index contributed by atoms with van der Waals surface area (Å²) in [6.07, 6.45) is 0. The van der Waals surface area contributed by atoms with Gasteiger partial charge in [-0.05, 0) is 46.6 Å². The van der Waals surface area contributed by atoms with Crippen LogP contribution in [0.5, 0.6) is 0 Å². The molecule has 2 rings (SSSR count). The number of carbonyl (C=O) groups excluding carboxylic acids is 1. The fourth-order valence-corrected chi connectivity index (χ4v) is 2.46. The van der Waals surface area contributed by atoms with Crippen molar-refractivity contribution >= 4 is 49.1 Å². The number of carbonyl (C=O) groups is 1. The average Bonchev–Trinajstić information content (AvgIpc) is 2.43. The number of aryl methyl sites for hydroxylation is 1. The molecular weight excluding hydrogens is 404 g/mol. The van der Waals surface area contributed by atoms with Crippen LogP contribution in [0.3, 0.4) is 0 Å². The van der Waals surface area contributed by atoms with Crippen LogP contribution in [0.15, 0.2) is 45.3 Å². The number of nitrogens with one attached hydrogen (secondary N) is 1. The number of hydrogen-bond donors (Lipinski definition) is 1. The zero-order valence-corrected chi connectivity index (χ0v) is 14.1. The molecule has 0 fully saturated rings. The van der Waals surface area contributed by atoms with Crippen LogP contribution in [0.1, 0.15) is 15.9 Å². The summed E-state index contributed by atoms with van der Waals surface area (Å²) >= 11 is 6.58. The van der Waals surface area contributed by atoms with Crippen LogP contribution in [0.4, 0.5) is 11.4 Å². The average molecular weight is 414 g/mol. The Kier molecular flexibility index (Phi) is 4.74. The van der Waals surface area contributed by atoms with Gasteiger partial charge < -0.3 is 5.32 Å². The molecule has 5 nitrogen and oxygen atoms in total. The number of rotatable bonds is 3. The summed E-state index contributed by atoms with van der Waals surface area (Å²) in [5.41, 5.74) is 1.59. The van der Waals surface area contributed by atoms with Gasteiger partial charge in [-0.1, -0.05) is 22.0 Å². The zero-order valence-electron chi connectivity index (χ0n) is 10.9. The van der Waals surface area contributed by atoms with Gasteiger partial charge in [-0.15, -0.1) is 0 Å². The molecule has 0 aromatic heterocycles. The summed E-state index contributed by atoms with van der Waals surface area (Å²) in [6, 6.07) is 9.58. The first-order valence-corrected chi connectivity index (χ1v) is 7.48. The minimum absolute atomic E-state index is 0.0838. The van der Waals surface area contributed by atoms with E-state index in [1.54, 1.807) is 6.07 Å². The van der Waals surface area contributed by atoms with Gasteiger partial charge in [0.2, 0.25) is 0 Å². The van der Waals surface area contributed by atoms with Crippen LogP contribution in [0.2, 0.25) is 0 Å². The number of nitrogens with zero attached hydrogens (tertiary/aromatic N) is 1. The highest BCUT2D eigenvalue weighted by molar-refractivity contribution is 9.10. The standard InChI is InChI=1S/C14H10Br2N2O3/c1-8-2-3-9(15)6-11(8)14(19)17-13-7-10(18(20)21)4-5-12(13)16/h2-7H,1H3,(H,17,19). The summed E-state index contributed by atoms with van der Waals surface area (Å²) in [5.74, 6) is -0.324. The first kappa shape index (κ1) is 15.7. The Morgan fingerprint density at radius 2 is 1.90 bits per heavy atom. The van der Waals surface area contributed by atoms with E-state index in [0.717, 1.165) is 10.0 Å². The van der Waals surface area contributed by atoms with Gasteiger partial charge in [0.1, 0.15) is 0 Å². The fourth-order valence-electron chi connectivity index (χ4n) is 1.75. The van der Waals surface area contributed by atoms with Crippen molar-refractivity contribution in [1.82, 2.24) is 0 Å². The topological polar surface area (TPSA) is 72.2 Å². The van der Waals surface area contributed by atoms with E-state index in [1.165, 1.54) is 18.2 Å². The monoisotopic (exact) mass is 412 g/mol. The van der Waals surface area contributed by atoms with Gasteiger partial charge in [-0.25, -0.2) is 0 Å². The third-order valence-electron chi connectivity index (χ3n) is 2.85. The van der Waals surface area contributed by atoms with Crippen molar-refractivity contribution < 1.29 is 9.72 Å². The molecule has 21 heavy (non-hydrogen) atoms.